The van der Waals surface area contributed by atoms with E-state index < -0.39 is 0 Å². The third-order valence-electron chi connectivity index (χ3n) is 4.00. The van der Waals surface area contributed by atoms with Crippen molar-refractivity contribution in [2.45, 2.75) is 12.3 Å². The summed E-state index contributed by atoms with van der Waals surface area (Å²) in [6.45, 7) is 0.191. The highest BCUT2D eigenvalue weighted by Crippen LogP contribution is 2.26. The van der Waals surface area contributed by atoms with Gasteiger partial charge in [-0.15, -0.1) is 10.2 Å². The van der Waals surface area contributed by atoms with Crippen LogP contribution in [0.2, 0.25) is 0 Å². The molecule has 27 heavy (non-hydrogen) atoms. The smallest absolute Gasteiger partial charge is 0.246 e. The van der Waals surface area contributed by atoms with Crippen LogP contribution in [-0.2, 0) is 17.1 Å². The van der Waals surface area contributed by atoms with Gasteiger partial charge >= 0.3 is 0 Å². The predicted molar refractivity (Wildman–Crippen MR) is 111 cm³/mol. The van der Waals surface area contributed by atoms with Crippen LogP contribution in [0.3, 0.4) is 0 Å². The van der Waals surface area contributed by atoms with Gasteiger partial charge in [-0.3, -0.25) is 10.1 Å². The Morgan fingerprint density at radius 1 is 1.11 bits per heavy atom. The number of hydrogen-bond donors (Lipinski definition) is 1. The molecule has 2 aromatic heterocycles. The zero-order valence-electron chi connectivity index (χ0n) is 14.6. The van der Waals surface area contributed by atoms with Crippen molar-refractivity contribution in [3.05, 3.63) is 60.4 Å². The van der Waals surface area contributed by atoms with Crippen LogP contribution in [0, 0.1) is 0 Å². The van der Waals surface area contributed by atoms with E-state index >= 15 is 0 Å². The Balaban J connectivity index is 1.53. The van der Waals surface area contributed by atoms with Gasteiger partial charge in [0.05, 0.1) is 16.8 Å². The number of benzene rings is 2. The molecular weight excluding hydrogens is 378 g/mol. The summed E-state index contributed by atoms with van der Waals surface area (Å²) in [4.78, 5) is 17.2. The molecule has 0 unspecified atom stereocenters. The topological polar surface area (TPSA) is 72.7 Å². The largest absolute Gasteiger partial charge is 0.318 e. The molecule has 0 radical (unpaired) electrons. The number of carbonyl (C=O) groups is 1. The lowest BCUT2D eigenvalue weighted by Gasteiger charge is -2.08. The first kappa shape index (κ1) is 17.7. The summed E-state index contributed by atoms with van der Waals surface area (Å²) >= 11 is 3.04. The van der Waals surface area contributed by atoms with Crippen molar-refractivity contribution in [2.24, 2.45) is 0 Å². The number of nitrogens with zero attached hydrogens (tertiary/aromatic N) is 4. The van der Waals surface area contributed by atoms with Crippen molar-refractivity contribution in [1.29, 1.82) is 0 Å². The van der Waals surface area contributed by atoms with Crippen molar-refractivity contribution in [3.8, 4) is 10.6 Å². The number of thioether (sulfide) groups is 1. The number of fused-ring (bicyclic) bond motifs is 1. The summed E-state index contributed by atoms with van der Waals surface area (Å²) in [6.07, 6.45) is 2.02. The summed E-state index contributed by atoms with van der Waals surface area (Å²) in [5, 5.41) is 12.4. The van der Waals surface area contributed by atoms with Gasteiger partial charge in [-0.25, -0.2) is 4.98 Å². The van der Waals surface area contributed by atoms with Crippen LogP contribution in [0.5, 0.6) is 0 Å². The molecule has 136 valence electrons. The number of amides is 1. The van der Waals surface area contributed by atoms with E-state index in [0.29, 0.717) is 5.13 Å². The molecule has 4 aromatic rings. The Morgan fingerprint density at radius 3 is 2.70 bits per heavy atom. The van der Waals surface area contributed by atoms with E-state index in [4.69, 9.17) is 0 Å². The summed E-state index contributed by atoms with van der Waals surface area (Å²) in [5.41, 5.74) is 2.84. The van der Waals surface area contributed by atoms with E-state index in [2.05, 4.69) is 20.5 Å². The fourth-order valence-corrected chi connectivity index (χ4v) is 4.06. The van der Waals surface area contributed by atoms with Gasteiger partial charge in [-0.1, -0.05) is 53.8 Å². The molecule has 2 aromatic carbocycles. The molecule has 0 saturated carbocycles. The highest BCUT2D eigenvalue weighted by Gasteiger charge is 2.15. The lowest BCUT2D eigenvalue weighted by Crippen LogP contribution is -2.20. The number of rotatable bonds is 6. The van der Waals surface area contributed by atoms with Crippen LogP contribution in [0.4, 0.5) is 5.13 Å². The molecule has 0 spiro atoms. The average molecular weight is 396 g/mol. The Bertz CT molecular complexity index is 1070. The third kappa shape index (κ3) is 3.86. The maximum Gasteiger partial charge on any atom is 0.246 e. The monoisotopic (exact) mass is 395 g/mol. The Morgan fingerprint density at radius 2 is 1.89 bits per heavy atom. The van der Waals surface area contributed by atoms with Crippen LogP contribution >= 0.6 is 23.1 Å². The second kappa shape index (κ2) is 7.89. The number of anilines is 1. The number of aromatic nitrogens is 4. The fraction of sp³-hybridized carbons (Fsp3) is 0.158. The summed E-state index contributed by atoms with van der Waals surface area (Å²) < 4.78 is 1.96. The van der Waals surface area contributed by atoms with Gasteiger partial charge in [0.1, 0.15) is 17.4 Å². The van der Waals surface area contributed by atoms with Crippen LogP contribution < -0.4 is 5.32 Å². The number of para-hydroxylation sites is 2. The summed E-state index contributed by atoms with van der Waals surface area (Å²) in [6, 6.07) is 17.7. The predicted octanol–water partition coefficient (Wildman–Crippen LogP) is 4.06. The highest BCUT2D eigenvalue weighted by molar-refractivity contribution is 7.97. The van der Waals surface area contributed by atoms with E-state index in [1.807, 2.05) is 65.4 Å². The molecule has 0 aliphatic carbocycles. The number of nitrogens with one attached hydrogen (secondary N) is 1. The molecule has 0 saturated heterocycles. The van der Waals surface area contributed by atoms with Gasteiger partial charge in [-0.2, -0.15) is 11.8 Å². The minimum atomic E-state index is -0.142. The van der Waals surface area contributed by atoms with E-state index in [1.54, 1.807) is 11.8 Å². The Labute approximate surface area is 164 Å². The number of imidazole rings is 1. The highest BCUT2D eigenvalue weighted by atomic mass is 32.2. The molecular formula is C19H17N5OS2. The molecule has 2 heterocycles. The van der Waals surface area contributed by atoms with E-state index in [9.17, 15) is 4.79 Å². The molecule has 6 nitrogen and oxygen atoms in total. The van der Waals surface area contributed by atoms with Gasteiger partial charge in [0.2, 0.25) is 11.0 Å². The SMILES string of the molecule is CSCc1nc2ccccc2n1CC(=O)Nc1nnc(-c2ccccc2)s1. The minimum absolute atomic E-state index is 0.142. The molecule has 1 N–H and O–H groups in total. The minimum Gasteiger partial charge on any atom is -0.318 e. The third-order valence-corrected chi connectivity index (χ3v) is 5.44. The van der Waals surface area contributed by atoms with Gasteiger partial charge in [0, 0.05) is 5.56 Å². The second-order valence-corrected chi connectivity index (χ2v) is 7.71. The first-order valence-corrected chi connectivity index (χ1v) is 10.6. The standard InChI is InChI=1S/C19H17N5OS2/c1-26-12-16-20-14-9-5-6-10-15(14)24(16)11-17(25)21-19-23-22-18(27-19)13-7-3-2-4-8-13/h2-10H,11-12H2,1H3,(H,21,23,25). The first-order valence-electron chi connectivity index (χ1n) is 8.36. The normalized spacial score (nSPS) is 11.0. The van der Waals surface area contributed by atoms with E-state index in [-0.39, 0.29) is 12.5 Å². The van der Waals surface area contributed by atoms with Crippen LogP contribution in [0.1, 0.15) is 5.82 Å². The lowest BCUT2D eigenvalue weighted by atomic mass is 10.2. The molecule has 4 rings (SSSR count). The molecule has 8 heteroatoms. The molecule has 0 aliphatic heterocycles. The maximum atomic E-state index is 12.6. The van der Waals surface area contributed by atoms with E-state index in [1.165, 1.54) is 11.3 Å². The number of carbonyl (C=O) groups excluding carboxylic acids is 1. The van der Waals surface area contributed by atoms with Crippen LogP contribution in [0.25, 0.3) is 21.6 Å². The quantitative estimate of drug-likeness (QED) is 0.533. The number of hydrogen-bond acceptors (Lipinski definition) is 6. The zero-order valence-corrected chi connectivity index (χ0v) is 16.3. The lowest BCUT2D eigenvalue weighted by molar-refractivity contribution is -0.116. The molecule has 1 amide bonds. The molecule has 0 atom stereocenters. The average Bonchev–Trinajstić information content (AvgIpc) is 3.28. The van der Waals surface area contributed by atoms with Gasteiger partial charge in [-0.05, 0) is 18.4 Å². The molecule has 0 aliphatic rings. The summed E-state index contributed by atoms with van der Waals surface area (Å²) in [5.74, 6) is 1.50. The van der Waals surface area contributed by atoms with Crippen molar-refractivity contribution in [3.63, 3.8) is 0 Å². The van der Waals surface area contributed by atoms with Gasteiger partial charge < -0.3 is 4.57 Å². The van der Waals surface area contributed by atoms with Gasteiger partial charge in [0.25, 0.3) is 0 Å². The van der Waals surface area contributed by atoms with Crippen LogP contribution in [-0.4, -0.2) is 31.9 Å². The maximum absolute atomic E-state index is 12.6. The summed E-state index contributed by atoms with van der Waals surface area (Å²) in [7, 11) is 0. The van der Waals surface area contributed by atoms with Gasteiger partial charge in [0.15, 0.2) is 0 Å². The van der Waals surface area contributed by atoms with E-state index in [0.717, 1.165) is 33.2 Å². The Kier molecular flexibility index (Phi) is 5.17. The van der Waals surface area contributed by atoms with Crippen molar-refractivity contribution >= 4 is 45.2 Å². The molecule has 0 bridgehead atoms. The van der Waals surface area contributed by atoms with Crippen molar-refractivity contribution in [1.82, 2.24) is 19.7 Å². The second-order valence-electron chi connectivity index (χ2n) is 5.86. The first-order chi connectivity index (χ1) is 13.2. The van der Waals surface area contributed by atoms with Crippen molar-refractivity contribution < 1.29 is 4.79 Å². The van der Waals surface area contributed by atoms with Crippen molar-refractivity contribution in [2.75, 3.05) is 11.6 Å². The van der Waals surface area contributed by atoms with Crippen LogP contribution in [0.15, 0.2) is 54.6 Å². The zero-order chi connectivity index (χ0) is 18.6. The fourth-order valence-electron chi connectivity index (χ4n) is 2.81. The molecule has 0 fully saturated rings. The Hall–Kier alpha value is -2.71.